The van der Waals surface area contributed by atoms with Crippen LogP contribution >= 0.6 is 0 Å². The van der Waals surface area contributed by atoms with E-state index >= 15 is 0 Å². The summed E-state index contributed by atoms with van der Waals surface area (Å²) in [5.41, 5.74) is 2.22. The lowest BCUT2D eigenvalue weighted by Crippen LogP contribution is -2.10. The van der Waals surface area contributed by atoms with E-state index < -0.39 is 0 Å². The van der Waals surface area contributed by atoms with Crippen molar-refractivity contribution >= 4 is 5.95 Å². The van der Waals surface area contributed by atoms with Crippen LogP contribution in [0.25, 0.3) is 0 Å². The highest BCUT2D eigenvalue weighted by atomic mass is 16.5. The van der Waals surface area contributed by atoms with Crippen molar-refractivity contribution in [2.45, 2.75) is 33.9 Å². The first-order valence-corrected chi connectivity index (χ1v) is 6.99. The van der Waals surface area contributed by atoms with Crippen LogP contribution in [0, 0.1) is 12.8 Å². The molecule has 0 aliphatic rings. The van der Waals surface area contributed by atoms with Crippen molar-refractivity contribution in [3.05, 3.63) is 41.7 Å². The van der Waals surface area contributed by atoms with Gasteiger partial charge in [-0.3, -0.25) is 0 Å². The Kier molecular flexibility index (Phi) is 4.66. The van der Waals surface area contributed by atoms with Gasteiger partial charge in [-0.05, 0) is 30.5 Å². The number of rotatable bonds is 6. The molecule has 4 heteroatoms. The molecule has 0 spiro atoms. The Morgan fingerprint density at radius 1 is 1.35 bits per heavy atom. The molecule has 0 bridgehead atoms. The number of aromatic nitrogens is 2. The minimum Gasteiger partial charge on any atom is -0.497 e. The van der Waals surface area contributed by atoms with Gasteiger partial charge in [0, 0.05) is 19.3 Å². The molecule has 20 heavy (non-hydrogen) atoms. The number of methoxy groups -OCH3 is 1. The summed E-state index contributed by atoms with van der Waals surface area (Å²) in [6, 6.07) is 8.07. The predicted molar refractivity (Wildman–Crippen MR) is 82.1 cm³/mol. The van der Waals surface area contributed by atoms with Gasteiger partial charge in [0.1, 0.15) is 5.75 Å². The molecule has 0 saturated heterocycles. The van der Waals surface area contributed by atoms with Gasteiger partial charge in [0.2, 0.25) is 5.95 Å². The number of anilines is 1. The lowest BCUT2D eigenvalue weighted by atomic mass is 10.2. The van der Waals surface area contributed by atoms with Gasteiger partial charge in [0.15, 0.2) is 0 Å². The molecule has 0 atom stereocenters. The number of hydrogen-bond donors (Lipinski definition) is 1. The van der Waals surface area contributed by atoms with Gasteiger partial charge in [-0.1, -0.05) is 26.0 Å². The third-order valence-electron chi connectivity index (χ3n) is 3.04. The highest BCUT2D eigenvalue weighted by molar-refractivity contribution is 5.34. The smallest absolute Gasteiger partial charge is 0.203 e. The lowest BCUT2D eigenvalue weighted by molar-refractivity contribution is 0.414. The molecule has 1 aromatic carbocycles. The van der Waals surface area contributed by atoms with Crippen molar-refractivity contribution in [2.24, 2.45) is 5.92 Å². The third-order valence-corrected chi connectivity index (χ3v) is 3.04. The molecule has 4 nitrogen and oxygen atoms in total. The fourth-order valence-electron chi connectivity index (χ4n) is 2.18. The van der Waals surface area contributed by atoms with Crippen LogP contribution in [0.15, 0.2) is 30.5 Å². The van der Waals surface area contributed by atoms with Crippen LogP contribution in [-0.4, -0.2) is 16.7 Å². The summed E-state index contributed by atoms with van der Waals surface area (Å²) >= 11 is 0. The Balaban J connectivity index is 2.06. The number of nitrogens with one attached hydrogen (secondary N) is 1. The maximum Gasteiger partial charge on any atom is 0.203 e. The van der Waals surface area contributed by atoms with E-state index in [1.54, 1.807) is 7.11 Å². The first-order chi connectivity index (χ1) is 9.58. The van der Waals surface area contributed by atoms with E-state index in [-0.39, 0.29) is 0 Å². The van der Waals surface area contributed by atoms with E-state index in [0.717, 1.165) is 30.5 Å². The highest BCUT2D eigenvalue weighted by Crippen LogP contribution is 2.16. The maximum atomic E-state index is 5.24. The van der Waals surface area contributed by atoms with Gasteiger partial charge in [-0.2, -0.15) is 0 Å². The second-order valence-corrected chi connectivity index (χ2v) is 5.46. The third kappa shape index (κ3) is 3.76. The van der Waals surface area contributed by atoms with Crippen molar-refractivity contribution in [1.29, 1.82) is 0 Å². The van der Waals surface area contributed by atoms with Crippen LogP contribution in [0.4, 0.5) is 5.95 Å². The quantitative estimate of drug-likeness (QED) is 0.876. The average molecular weight is 273 g/mol. The van der Waals surface area contributed by atoms with Crippen LogP contribution in [-0.2, 0) is 13.1 Å². The van der Waals surface area contributed by atoms with Gasteiger partial charge in [0.05, 0.1) is 12.8 Å². The van der Waals surface area contributed by atoms with Crippen molar-refractivity contribution in [3.8, 4) is 5.75 Å². The molecule has 1 N–H and O–H groups in total. The highest BCUT2D eigenvalue weighted by Gasteiger charge is 2.07. The summed E-state index contributed by atoms with van der Waals surface area (Å²) in [7, 11) is 1.69. The van der Waals surface area contributed by atoms with Gasteiger partial charge in [-0.15, -0.1) is 0 Å². The molecule has 0 radical (unpaired) electrons. The van der Waals surface area contributed by atoms with E-state index in [1.165, 1.54) is 5.56 Å². The Hall–Kier alpha value is -1.97. The van der Waals surface area contributed by atoms with Crippen LogP contribution in [0.5, 0.6) is 5.75 Å². The molecule has 108 valence electrons. The zero-order valence-electron chi connectivity index (χ0n) is 12.7. The minimum absolute atomic E-state index is 0.598. The van der Waals surface area contributed by atoms with Crippen molar-refractivity contribution < 1.29 is 4.74 Å². The number of benzene rings is 1. The summed E-state index contributed by atoms with van der Waals surface area (Å²) in [6.45, 7) is 8.16. The van der Waals surface area contributed by atoms with Crippen LogP contribution in [0.2, 0.25) is 0 Å². The van der Waals surface area contributed by atoms with Gasteiger partial charge < -0.3 is 14.6 Å². The molecule has 1 heterocycles. The second kappa shape index (κ2) is 6.46. The maximum absolute atomic E-state index is 5.24. The first-order valence-electron chi connectivity index (χ1n) is 6.99. The number of hydrogen-bond acceptors (Lipinski definition) is 3. The SMILES string of the molecule is COc1cccc(CNc2nc(C)cn2CC(C)C)c1. The van der Waals surface area contributed by atoms with E-state index in [9.17, 15) is 0 Å². The molecule has 0 saturated carbocycles. The van der Waals surface area contributed by atoms with E-state index in [1.807, 2.05) is 25.1 Å². The van der Waals surface area contributed by atoms with Crippen LogP contribution < -0.4 is 10.1 Å². The summed E-state index contributed by atoms with van der Waals surface area (Å²) in [5.74, 6) is 2.41. The molecular formula is C16H23N3O. The van der Waals surface area contributed by atoms with Gasteiger partial charge >= 0.3 is 0 Å². The molecule has 1 aromatic heterocycles. The monoisotopic (exact) mass is 273 g/mol. The van der Waals surface area contributed by atoms with Crippen molar-refractivity contribution in [2.75, 3.05) is 12.4 Å². The average Bonchev–Trinajstić information content (AvgIpc) is 2.76. The first kappa shape index (κ1) is 14.4. The molecule has 2 rings (SSSR count). The van der Waals surface area contributed by atoms with E-state index in [0.29, 0.717) is 5.92 Å². The van der Waals surface area contributed by atoms with Crippen molar-refractivity contribution in [3.63, 3.8) is 0 Å². The van der Waals surface area contributed by atoms with Crippen LogP contribution in [0.3, 0.4) is 0 Å². The Morgan fingerprint density at radius 3 is 2.85 bits per heavy atom. The van der Waals surface area contributed by atoms with Gasteiger partial charge in [-0.25, -0.2) is 4.98 Å². The number of aryl methyl sites for hydroxylation is 1. The molecule has 0 fully saturated rings. The Morgan fingerprint density at radius 2 is 2.15 bits per heavy atom. The Bertz CT molecular complexity index is 561. The van der Waals surface area contributed by atoms with Crippen LogP contribution in [0.1, 0.15) is 25.1 Å². The molecule has 0 amide bonds. The topological polar surface area (TPSA) is 39.1 Å². The molecule has 0 unspecified atom stereocenters. The number of nitrogens with zero attached hydrogens (tertiary/aromatic N) is 2. The fraction of sp³-hybridized carbons (Fsp3) is 0.438. The normalized spacial score (nSPS) is 10.8. The number of ether oxygens (including phenoxy) is 1. The minimum atomic E-state index is 0.598. The standard InChI is InChI=1S/C16H23N3O/c1-12(2)10-19-11-13(3)18-16(19)17-9-14-6-5-7-15(8-14)20-4/h5-8,11-12H,9-10H2,1-4H3,(H,17,18). The van der Waals surface area contributed by atoms with E-state index in [4.69, 9.17) is 4.74 Å². The molecule has 2 aromatic rings. The zero-order valence-corrected chi connectivity index (χ0v) is 12.7. The fourth-order valence-corrected chi connectivity index (χ4v) is 2.18. The summed E-state index contributed by atoms with van der Waals surface area (Å²) < 4.78 is 7.42. The molecular weight excluding hydrogens is 250 g/mol. The summed E-state index contributed by atoms with van der Waals surface area (Å²) in [4.78, 5) is 4.54. The van der Waals surface area contributed by atoms with E-state index in [2.05, 4.69) is 41.0 Å². The summed E-state index contributed by atoms with van der Waals surface area (Å²) in [5, 5.41) is 3.40. The van der Waals surface area contributed by atoms with Crippen molar-refractivity contribution in [1.82, 2.24) is 9.55 Å². The molecule has 0 aliphatic heterocycles. The molecule has 0 aliphatic carbocycles. The summed E-state index contributed by atoms with van der Waals surface area (Å²) in [6.07, 6.45) is 2.09. The zero-order chi connectivity index (χ0) is 14.5. The lowest BCUT2D eigenvalue weighted by Gasteiger charge is -2.12. The largest absolute Gasteiger partial charge is 0.497 e. The van der Waals surface area contributed by atoms with Gasteiger partial charge in [0.25, 0.3) is 0 Å². The second-order valence-electron chi connectivity index (χ2n) is 5.46. The number of imidazole rings is 1. The predicted octanol–water partition coefficient (Wildman–Crippen LogP) is 3.47. The Labute approximate surface area is 120 Å².